The summed E-state index contributed by atoms with van der Waals surface area (Å²) in [4.78, 5) is 17.4. The first kappa shape index (κ1) is 17.0. The van der Waals surface area contributed by atoms with Crippen molar-refractivity contribution in [3.05, 3.63) is 89.8 Å². The first-order chi connectivity index (χ1) is 13.1. The van der Waals surface area contributed by atoms with E-state index in [1.54, 1.807) is 30.5 Å². The van der Waals surface area contributed by atoms with Gasteiger partial charge in [0.1, 0.15) is 11.6 Å². The molecule has 134 valence electrons. The van der Waals surface area contributed by atoms with Crippen LogP contribution in [0, 0.1) is 12.7 Å². The van der Waals surface area contributed by atoms with Gasteiger partial charge in [-0.2, -0.15) is 0 Å². The molecule has 0 radical (unpaired) electrons. The molecule has 0 saturated heterocycles. The number of rotatable bonds is 4. The van der Waals surface area contributed by atoms with Crippen LogP contribution < -0.4 is 5.32 Å². The van der Waals surface area contributed by atoms with Crippen LogP contribution in [0.1, 0.15) is 21.8 Å². The number of aromatic nitrogens is 1. The van der Waals surface area contributed by atoms with Crippen molar-refractivity contribution in [2.45, 2.75) is 13.5 Å². The molecular weight excluding hydrogens is 343 g/mol. The fourth-order valence-corrected chi connectivity index (χ4v) is 3.10. The Morgan fingerprint density at radius 1 is 1.11 bits per heavy atom. The third-order valence-electron chi connectivity index (χ3n) is 4.37. The molecule has 0 atom stereocenters. The van der Waals surface area contributed by atoms with E-state index in [0.717, 1.165) is 22.2 Å². The fraction of sp³-hybridized carbons (Fsp3) is 0.0909. The predicted octanol–water partition coefficient (Wildman–Crippen LogP) is 4.87. The zero-order chi connectivity index (χ0) is 18.8. The standard InChI is InChI=1S/C22H17FN2O2/c1-14-12-20(22(26)24-13-17-4-3-11-27-17)19-6-2-5-18(21(19)25-14)15-7-9-16(23)10-8-15/h2-12H,13H2,1H3,(H,24,26). The van der Waals surface area contributed by atoms with Gasteiger partial charge in [-0.05, 0) is 42.8 Å². The lowest BCUT2D eigenvalue weighted by molar-refractivity contribution is 0.0949. The molecule has 0 fully saturated rings. The van der Waals surface area contributed by atoms with Gasteiger partial charge in [0.25, 0.3) is 5.91 Å². The zero-order valence-electron chi connectivity index (χ0n) is 14.7. The van der Waals surface area contributed by atoms with Crippen molar-refractivity contribution in [2.24, 2.45) is 0 Å². The molecule has 1 N–H and O–H groups in total. The second-order valence-electron chi connectivity index (χ2n) is 6.28. The highest BCUT2D eigenvalue weighted by atomic mass is 19.1. The molecule has 0 unspecified atom stereocenters. The number of carbonyl (C=O) groups excluding carboxylic acids is 1. The van der Waals surface area contributed by atoms with Crippen molar-refractivity contribution in [3.8, 4) is 11.1 Å². The number of hydrogen-bond donors (Lipinski definition) is 1. The summed E-state index contributed by atoms with van der Waals surface area (Å²) in [5, 5.41) is 3.63. The lowest BCUT2D eigenvalue weighted by Gasteiger charge is -2.12. The number of pyridine rings is 1. The molecule has 2 aromatic heterocycles. The predicted molar refractivity (Wildman–Crippen MR) is 102 cm³/mol. The summed E-state index contributed by atoms with van der Waals surface area (Å²) in [7, 11) is 0. The molecule has 4 rings (SSSR count). The van der Waals surface area contributed by atoms with Gasteiger partial charge in [0, 0.05) is 16.6 Å². The molecule has 2 aromatic carbocycles. The lowest BCUT2D eigenvalue weighted by atomic mass is 9.98. The Bertz CT molecular complexity index is 1100. The van der Waals surface area contributed by atoms with Gasteiger partial charge in [0.2, 0.25) is 0 Å². The minimum Gasteiger partial charge on any atom is -0.467 e. The summed E-state index contributed by atoms with van der Waals surface area (Å²) in [5.74, 6) is 0.199. The van der Waals surface area contributed by atoms with Crippen molar-refractivity contribution in [1.82, 2.24) is 10.3 Å². The molecular formula is C22H17FN2O2. The molecule has 5 heteroatoms. The van der Waals surface area contributed by atoms with Crippen LogP contribution in [-0.2, 0) is 6.54 Å². The number of benzene rings is 2. The Kier molecular flexibility index (Phi) is 4.42. The number of amides is 1. The van der Waals surface area contributed by atoms with Gasteiger partial charge in [-0.1, -0.05) is 30.3 Å². The van der Waals surface area contributed by atoms with Gasteiger partial charge in [-0.15, -0.1) is 0 Å². The van der Waals surface area contributed by atoms with E-state index in [1.807, 2.05) is 31.2 Å². The molecule has 0 aliphatic carbocycles. The van der Waals surface area contributed by atoms with Crippen LogP contribution in [0.3, 0.4) is 0 Å². The van der Waals surface area contributed by atoms with Crippen molar-refractivity contribution in [2.75, 3.05) is 0 Å². The summed E-state index contributed by atoms with van der Waals surface area (Å²) in [5.41, 5.74) is 3.71. The number of hydrogen-bond acceptors (Lipinski definition) is 3. The van der Waals surface area contributed by atoms with Gasteiger partial charge in [-0.25, -0.2) is 4.39 Å². The number of fused-ring (bicyclic) bond motifs is 1. The highest BCUT2D eigenvalue weighted by Crippen LogP contribution is 2.29. The summed E-state index contributed by atoms with van der Waals surface area (Å²) in [6.07, 6.45) is 1.57. The van der Waals surface area contributed by atoms with Crippen LogP contribution >= 0.6 is 0 Å². The molecule has 0 bridgehead atoms. The van der Waals surface area contributed by atoms with Gasteiger partial charge in [0.15, 0.2) is 0 Å². The van der Waals surface area contributed by atoms with E-state index < -0.39 is 0 Å². The summed E-state index contributed by atoms with van der Waals surface area (Å²) in [6, 6.07) is 17.3. The van der Waals surface area contributed by atoms with Gasteiger partial charge < -0.3 is 9.73 Å². The first-order valence-corrected chi connectivity index (χ1v) is 8.59. The molecule has 0 aliphatic rings. The monoisotopic (exact) mass is 360 g/mol. The molecule has 1 amide bonds. The van der Waals surface area contributed by atoms with Crippen molar-refractivity contribution >= 4 is 16.8 Å². The van der Waals surface area contributed by atoms with E-state index in [0.29, 0.717) is 23.4 Å². The summed E-state index contributed by atoms with van der Waals surface area (Å²) >= 11 is 0. The van der Waals surface area contributed by atoms with Gasteiger partial charge >= 0.3 is 0 Å². The Morgan fingerprint density at radius 3 is 2.67 bits per heavy atom. The third kappa shape index (κ3) is 3.44. The smallest absolute Gasteiger partial charge is 0.252 e. The average Bonchev–Trinajstić information content (AvgIpc) is 3.19. The molecule has 0 aliphatic heterocycles. The van der Waals surface area contributed by atoms with Crippen molar-refractivity contribution < 1.29 is 13.6 Å². The zero-order valence-corrected chi connectivity index (χ0v) is 14.7. The van der Waals surface area contributed by atoms with E-state index in [2.05, 4.69) is 10.3 Å². The summed E-state index contributed by atoms with van der Waals surface area (Å²) < 4.78 is 18.5. The minimum absolute atomic E-state index is 0.196. The first-order valence-electron chi connectivity index (χ1n) is 8.59. The Balaban J connectivity index is 1.76. The van der Waals surface area contributed by atoms with E-state index in [-0.39, 0.29) is 11.7 Å². The maximum absolute atomic E-state index is 13.3. The second kappa shape index (κ2) is 7.03. The summed E-state index contributed by atoms with van der Waals surface area (Å²) in [6.45, 7) is 2.16. The molecule has 4 aromatic rings. The quantitative estimate of drug-likeness (QED) is 0.565. The fourth-order valence-electron chi connectivity index (χ4n) is 3.10. The van der Waals surface area contributed by atoms with E-state index in [4.69, 9.17) is 4.42 Å². The number of carbonyl (C=O) groups is 1. The molecule has 4 nitrogen and oxygen atoms in total. The van der Waals surface area contributed by atoms with Crippen LogP contribution in [0.25, 0.3) is 22.0 Å². The number of nitrogens with one attached hydrogen (secondary N) is 1. The largest absolute Gasteiger partial charge is 0.467 e. The van der Waals surface area contributed by atoms with Crippen molar-refractivity contribution in [1.29, 1.82) is 0 Å². The SMILES string of the molecule is Cc1cc(C(=O)NCc2ccco2)c2cccc(-c3ccc(F)cc3)c2n1. The number of aryl methyl sites for hydroxylation is 1. The lowest BCUT2D eigenvalue weighted by Crippen LogP contribution is -2.23. The number of furan rings is 1. The molecule has 0 spiro atoms. The molecule has 0 saturated carbocycles. The Hall–Kier alpha value is -3.47. The number of para-hydroxylation sites is 1. The van der Waals surface area contributed by atoms with Crippen LogP contribution in [0.4, 0.5) is 4.39 Å². The van der Waals surface area contributed by atoms with Gasteiger partial charge in [0.05, 0.1) is 23.9 Å². The van der Waals surface area contributed by atoms with Crippen molar-refractivity contribution in [3.63, 3.8) is 0 Å². The molecule has 2 heterocycles. The molecule has 27 heavy (non-hydrogen) atoms. The van der Waals surface area contributed by atoms with Crippen LogP contribution in [0.5, 0.6) is 0 Å². The Morgan fingerprint density at radius 2 is 1.93 bits per heavy atom. The number of halogens is 1. The normalized spacial score (nSPS) is 10.9. The average molecular weight is 360 g/mol. The second-order valence-corrected chi connectivity index (χ2v) is 6.28. The highest BCUT2D eigenvalue weighted by molar-refractivity contribution is 6.09. The maximum Gasteiger partial charge on any atom is 0.252 e. The topological polar surface area (TPSA) is 55.1 Å². The van der Waals surface area contributed by atoms with Crippen LogP contribution in [-0.4, -0.2) is 10.9 Å². The minimum atomic E-state index is -0.291. The van der Waals surface area contributed by atoms with Crippen LogP contribution in [0.2, 0.25) is 0 Å². The van der Waals surface area contributed by atoms with E-state index in [1.165, 1.54) is 12.1 Å². The van der Waals surface area contributed by atoms with Gasteiger partial charge in [-0.3, -0.25) is 9.78 Å². The van der Waals surface area contributed by atoms with E-state index in [9.17, 15) is 9.18 Å². The van der Waals surface area contributed by atoms with E-state index >= 15 is 0 Å². The van der Waals surface area contributed by atoms with Crippen LogP contribution in [0.15, 0.2) is 71.3 Å². The highest BCUT2D eigenvalue weighted by Gasteiger charge is 2.15. The maximum atomic E-state index is 13.3. The Labute approximate surface area is 155 Å². The number of nitrogens with zero attached hydrogens (tertiary/aromatic N) is 1. The third-order valence-corrected chi connectivity index (χ3v) is 4.37.